The van der Waals surface area contributed by atoms with Crippen LogP contribution < -0.4 is 5.32 Å². The molecule has 0 spiro atoms. The van der Waals surface area contributed by atoms with Gasteiger partial charge in [0.05, 0.1) is 20.6 Å². The summed E-state index contributed by atoms with van der Waals surface area (Å²) < 4.78 is 5.43. The van der Waals surface area contributed by atoms with E-state index < -0.39 is 0 Å². The number of rotatable bonds is 2. The molecule has 1 amide bonds. The molecule has 0 atom stereocenters. The lowest BCUT2D eigenvalue weighted by Crippen LogP contribution is -2.19. The van der Waals surface area contributed by atoms with Crippen molar-refractivity contribution in [3.05, 3.63) is 56.8 Å². The number of nitrogens with one attached hydrogen (secondary N) is 1. The van der Waals surface area contributed by atoms with Gasteiger partial charge in [0.25, 0.3) is 5.91 Å². The number of benzene rings is 1. The smallest absolute Gasteiger partial charge is 0.264 e. The summed E-state index contributed by atoms with van der Waals surface area (Å²) in [5.74, 6) is 1.21. The van der Waals surface area contributed by atoms with E-state index in [1.165, 1.54) is 11.8 Å². The summed E-state index contributed by atoms with van der Waals surface area (Å²) >= 11 is 13.1. The molecule has 1 saturated heterocycles. The zero-order valence-electron chi connectivity index (χ0n) is 11.4. The third-order valence-corrected chi connectivity index (χ3v) is 4.47. The Bertz CT molecular complexity index is 812. The van der Waals surface area contributed by atoms with E-state index in [2.05, 4.69) is 10.3 Å². The molecule has 2 heterocycles. The van der Waals surface area contributed by atoms with Gasteiger partial charge in [-0.05, 0) is 49.0 Å². The van der Waals surface area contributed by atoms with Gasteiger partial charge in [0.15, 0.2) is 5.17 Å². The number of aryl methyl sites for hydroxylation is 1. The Morgan fingerprint density at radius 2 is 2.05 bits per heavy atom. The molecule has 0 bridgehead atoms. The summed E-state index contributed by atoms with van der Waals surface area (Å²) in [5.41, 5.74) is 0.618. The molecular weight excluding hydrogens is 343 g/mol. The minimum absolute atomic E-state index is 0.210. The van der Waals surface area contributed by atoms with Crippen LogP contribution in [0.3, 0.4) is 0 Å². The highest BCUT2D eigenvalue weighted by Crippen LogP contribution is 2.31. The number of thioether (sulfide) groups is 1. The number of amidine groups is 1. The molecule has 1 aliphatic rings. The molecule has 112 valence electrons. The summed E-state index contributed by atoms with van der Waals surface area (Å²) in [6, 6.07) is 8.68. The first-order valence-electron chi connectivity index (χ1n) is 6.32. The number of amides is 1. The van der Waals surface area contributed by atoms with Crippen LogP contribution in [0.4, 0.5) is 5.69 Å². The van der Waals surface area contributed by atoms with E-state index in [1.807, 2.05) is 19.1 Å². The second-order valence-corrected chi connectivity index (χ2v) is 6.37. The minimum atomic E-state index is -0.210. The van der Waals surface area contributed by atoms with Gasteiger partial charge in [-0.1, -0.05) is 23.2 Å². The fourth-order valence-corrected chi connectivity index (χ4v) is 2.93. The second-order valence-electron chi connectivity index (χ2n) is 4.53. The molecule has 22 heavy (non-hydrogen) atoms. The van der Waals surface area contributed by atoms with Crippen molar-refractivity contribution in [2.75, 3.05) is 0 Å². The summed E-state index contributed by atoms with van der Waals surface area (Å²) in [7, 11) is 0. The molecule has 4 nitrogen and oxygen atoms in total. The van der Waals surface area contributed by atoms with Crippen LogP contribution in [0.5, 0.6) is 0 Å². The summed E-state index contributed by atoms with van der Waals surface area (Å²) in [6.07, 6.45) is 1.68. The summed E-state index contributed by atoms with van der Waals surface area (Å²) in [4.78, 5) is 16.8. The first kappa shape index (κ1) is 15.2. The summed E-state index contributed by atoms with van der Waals surface area (Å²) in [6.45, 7) is 1.85. The van der Waals surface area contributed by atoms with Crippen LogP contribution in [0, 0.1) is 6.92 Å². The average Bonchev–Trinajstić information content (AvgIpc) is 3.01. The Labute approximate surface area is 141 Å². The fraction of sp³-hybridized carbons (Fsp3) is 0.0667. The van der Waals surface area contributed by atoms with Crippen molar-refractivity contribution in [3.8, 4) is 0 Å². The van der Waals surface area contributed by atoms with E-state index in [4.69, 9.17) is 27.6 Å². The lowest BCUT2D eigenvalue weighted by Gasteiger charge is -1.98. The molecule has 3 rings (SSSR count). The topological polar surface area (TPSA) is 54.6 Å². The summed E-state index contributed by atoms with van der Waals surface area (Å²) in [5, 5.41) is 4.06. The van der Waals surface area contributed by atoms with Crippen LogP contribution in [-0.2, 0) is 4.79 Å². The van der Waals surface area contributed by atoms with Crippen molar-refractivity contribution >= 4 is 57.8 Å². The van der Waals surface area contributed by atoms with E-state index in [-0.39, 0.29) is 5.91 Å². The molecule has 7 heteroatoms. The maximum Gasteiger partial charge on any atom is 0.264 e. The van der Waals surface area contributed by atoms with Crippen LogP contribution in [0.25, 0.3) is 6.08 Å². The molecular formula is C15H10Cl2N2O2S. The highest BCUT2D eigenvalue weighted by molar-refractivity contribution is 8.18. The lowest BCUT2D eigenvalue weighted by atomic mass is 10.3. The monoisotopic (exact) mass is 352 g/mol. The number of hydrogen-bond acceptors (Lipinski definition) is 4. The highest BCUT2D eigenvalue weighted by Gasteiger charge is 2.24. The Kier molecular flexibility index (Phi) is 4.29. The average molecular weight is 353 g/mol. The van der Waals surface area contributed by atoms with Gasteiger partial charge in [0.1, 0.15) is 11.5 Å². The first-order valence-corrected chi connectivity index (χ1v) is 7.89. The molecule has 0 unspecified atom stereocenters. The third kappa shape index (κ3) is 3.38. The molecule has 0 radical (unpaired) electrons. The number of aliphatic imine (C=N–C) groups is 1. The van der Waals surface area contributed by atoms with Crippen molar-refractivity contribution in [2.45, 2.75) is 6.92 Å². The minimum Gasteiger partial charge on any atom is -0.462 e. The number of hydrogen-bond donors (Lipinski definition) is 1. The van der Waals surface area contributed by atoms with Gasteiger partial charge in [-0.2, -0.15) is 0 Å². The second kappa shape index (κ2) is 6.20. The number of halogens is 2. The number of nitrogens with zero attached hydrogens (tertiary/aromatic N) is 1. The normalized spacial score (nSPS) is 18.2. The van der Waals surface area contributed by atoms with Crippen molar-refractivity contribution in [2.24, 2.45) is 4.99 Å². The van der Waals surface area contributed by atoms with Crippen LogP contribution in [0.2, 0.25) is 10.0 Å². The molecule has 1 aliphatic heterocycles. The van der Waals surface area contributed by atoms with Gasteiger partial charge >= 0.3 is 0 Å². The fourth-order valence-electron chi connectivity index (χ4n) is 1.81. The van der Waals surface area contributed by atoms with Gasteiger partial charge in [0, 0.05) is 6.08 Å². The zero-order chi connectivity index (χ0) is 15.7. The van der Waals surface area contributed by atoms with Gasteiger partial charge in [-0.25, -0.2) is 4.99 Å². The zero-order valence-corrected chi connectivity index (χ0v) is 13.7. The van der Waals surface area contributed by atoms with E-state index in [0.717, 1.165) is 5.76 Å². The van der Waals surface area contributed by atoms with Crippen LogP contribution in [0.15, 0.2) is 44.6 Å². The van der Waals surface area contributed by atoms with E-state index in [1.54, 1.807) is 24.3 Å². The predicted octanol–water partition coefficient (Wildman–Crippen LogP) is 4.79. The molecule has 2 aromatic rings. The van der Waals surface area contributed by atoms with Crippen molar-refractivity contribution in [1.29, 1.82) is 0 Å². The molecule has 0 aliphatic carbocycles. The van der Waals surface area contributed by atoms with E-state index >= 15 is 0 Å². The molecule has 1 aromatic carbocycles. The molecule has 1 aromatic heterocycles. The Hall–Kier alpha value is -1.69. The largest absolute Gasteiger partial charge is 0.462 e. The Balaban J connectivity index is 1.83. The predicted molar refractivity (Wildman–Crippen MR) is 90.7 cm³/mol. The van der Waals surface area contributed by atoms with Crippen LogP contribution in [-0.4, -0.2) is 11.1 Å². The van der Waals surface area contributed by atoms with Crippen molar-refractivity contribution < 1.29 is 9.21 Å². The number of furan rings is 1. The quantitative estimate of drug-likeness (QED) is 0.790. The van der Waals surface area contributed by atoms with Gasteiger partial charge in [-0.3, -0.25) is 4.79 Å². The van der Waals surface area contributed by atoms with Gasteiger partial charge in [0.2, 0.25) is 0 Å². The molecule has 1 N–H and O–H groups in total. The Morgan fingerprint density at radius 1 is 1.23 bits per heavy atom. The SMILES string of the molecule is Cc1ccc(/C=C2/SC(=Nc3ccc(Cl)c(Cl)c3)NC2=O)o1. The van der Waals surface area contributed by atoms with Crippen LogP contribution in [0.1, 0.15) is 11.5 Å². The van der Waals surface area contributed by atoms with Gasteiger partial charge < -0.3 is 9.73 Å². The highest BCUT2D eigenvalue weighted by atomic mass is 35.5. The third-order valence-electron chi connectivity index (χ3n) is 2.82. The van der Waals surface area contributed by atoms with E-state index in [0.29, 0.717) is 31.6 Å². The van der Waals surface area contributed by atoms with Crippen molar-refractivity contribution in [1.82, 2.24) is 5.32 Å². The Morgan fingerprint density at radius 3 is 2.73 bits per heavy atom. The standard InChI is InChI=1S/C15H10Cl2N2O2S/c1-8-2-4-10(21-8)7-13-14(20)19-15(22-13)18-9-3-5-11(16)12(17)6-9/h2-7H,1H3,(H,18,19,20)/b13-7+. The number of carbonyl (C=O) groups is 1. The molecule has 0 saturated carbocycles. The molecule has 1 fully saturated rings. The first-order chi connectivity index (χ1) is 10.5. The number of carbonyl (C=O) groups excluding carboxylic acids is 1. The lowest BCUT2D eigenvalue weighted by molar-refractivity contribution is -0.115. The van der Waals surface area contributed by atoms with Crippen LogP contribution >= 0.6 is 35.0 Å². The van der Waals surface area contributed by atoms with Gasteiger partial charge in [-0.15, -0.1) is 0 Å². The maximum absolute atomic E-state index is 11.9. The van der Waals surface area contributed by atoms with E-state index in [9.17, 15) is 4.79 Å². The maximum atomic E-state index is 11.9. The van der Waals surface area contributed by atoms with Crippen molar-refractivity contribution in [3.63, 3.8) is 0 Å².